The topological polar surface area (TPSA) is 113 Å². The zero-order chi connectivity index (χ0) is 29.3. The molecule has 0 aromatic heterocycles. The van der Waals surface area contributed by atoms with Crippen LogP contribution in [0.2, 0.25) is 0 Å². The maximum absolute atomic E-state index is 14.0. The lowest BCUT2D eigenvalue weighted by atomic mass is 9.73. The number of allylic oxidation sites excluding steroid dienone is 3. The minimum Gasteiger partial charge on any atom is -0.384 e. The third-order valence-electron chi connectivity index (χ3n) is 7.67. The summed E-state index contributed by atoms with van der Waals surface area (Å²) < 4.78 is 14.0. The fourth-order valence-corrected chi connectivity index (χ4v) is 6.82. The summed E-state index contributed by atoms with van der Waals surface area (Å²) in [5.74, 6) is 0.0323. The number of nitrogens with zero attached hydrogens (tertiary/aromatic N) is 3. The Hall–Kier alpha value is -4.42. The molecule has 0 saturated carbocycles. The van der Waals surface area contributed by atoms with Crippen LogP contribution in [0, 0.1) is 41.1 Å². The van der Waals surface area contributed by atoms with Gasteiger partial charge in [0, 0.05) is 29.2 Å². The molecule has 0 radical (unpaired) electrons. The van der Waals surface area contributed by atoms with Gasteiger partial charge in [0.1, 0.15) is 17.3 Å². The number of nitriles is 1. The van der Waals surface area contributed by atoms with E-state index in [0.29, 0.717) is 30.5 Å². The Bertz CT molecular complexity index is 1660. The number of rotatable bonds is 7. The average molecular weight is 569 g/mol. The number of halogens is 1. The lowest BCUT2D eigenvalue weighted by molar-refractivity contribution is -0.384. The first-order valence-corrected chi connectivity index (χ1v) is 14.5. The van der Waals surface area contributed by atoms with E-state index < -0.39 is 22.3 Å². The number of benzene rings is 3. The Labute approximate surface area is 242 Å². The molecule has 1 unspecified atom stereocenters. The van der Waals surface area contributed by atoms with Crippen molar-refractivity contribution in [2.75, 3.05) is 4.90 Å². The van der Waals surface area contributed by atoms with Crippen molar-refractivity contribution in [1.82, 2.24) is 0 Å². The van der Waals surface area contributed by atoms with Crippen LogP contribution in [0.25, 0.3) is 0 Å². The van der Waals surface area contributed by atoms with E-state index in [9.17, 15) is 24.6 Å². The first kappa shape index (κ1) is 28.1. The molecule has 0 amide bonds. The van der Waals surface area contributed by atoms with Gasteiger partial charge in [-0.2, -0.15) is 17.0 Å². The molecule has 2 N–H and O–H groups in total. The van der Waals surface area contributed by atoms with Gasteiger partial charge in [-0.3, -0.25) is 19.8 Å². The molecule has 1 aliphatic heterocycles. The van der Waals surface area contributed by atoms with E-state index >= 15 is 0 Å². The number of nitrogens with two attached hydrogens (primary N) is 1. The Morgan fingerprint density at radius 3 is 2.59 bits per heavy atom. The number of anilines is 1. The van der Waals surface area contributed by atoms with Crippen LogP contribution in [0.4, 0.5) is 15.8 Å². The molecule has 41 heavy (non-hydrogen) atoms. The van der Waals surface area contributed by atoms with Crippen LogP contribution in [0.5, 0.6) is 0 Å². The van der Waals surface area contributed by atoms with Crippen LogP contribution in [0.3, 0.4) is 0 Å². The van der Waals surface area contributed by atoms with Crippen LogP contribution >= 0.6 is 11.8 Å². The Balaban J connectivity index is 1.63. The Morgan fingerprint density at radius 2 is 1.88 bits per heavy atom. The average Bonchev–Trinajstić information content (AvgIpc) is 2.95. The molecule has 7 nitrogen and oxygen atoms in total. The molecule has 0 saturated heterocycles. The zero-order valence-electron chi connectivity index (χ0n) is 22.8. The van der Waals surface area contributed by atoms with Crippen LogP contribution in [0.1, 0.15) is 53.0 Å². The lowest BCUT2D eigenvalue weighted by Crippen LogP contribution is -2.39. The standard InChI is InChI=1S/C32H29FN4O3S/c1-19-13-22(18-41-17-21-7-4-3-5-8-21)20(2)24(14-19)30-25(16-34)32(35)36(27-9-6-10-29(38)31(27)30)26-12-11-23(33)15-28(26)37(39)40/h3-5,7-8,11-15,30H,6,9-10,17-18,35H2,1-2H3. The van der Waals surface area contributed by atoms with Gasteiger partial charge < -0.3 is 5.73 Å². The van der Waals surface area contributed by atoms with E-state index in [1.165, 1.54) is 16.5 Å². The third-order valence-corrected chi connectivity index (χ3v) is 8.72. The Kier molecular flexibility index (Phi) is 7.95. The van der Waals surface area contributed by atoms with E-state index in [1.54, 1.807) is 11.8 Å². The van der Waals surface area contributed by atoms with Crippen LogP contribution in [-0.4, -0.2) is 10.7 Å². The highest BCUT2D eigenvalue weighted by Crippen LogP contribution is 2.49. The van der Waals surface area contributed by atoms with Crippen molar-refractivity contribution in [1.29, 1.82) is 5.26 Å². The molecule has 1 aliphatic carbocycles. The molecule has 1 heterocycles. The first-order valence-electron chi connectivity index (χ1n) is 13.3. The number of aryl methyl sites for hydroxylation is 1. The summed E-state index contributed by atoms with van der Waals surface area (Å²) >= 11 is 1.79. The predicted molar refractivity (Wildman–Crippen MR) is 158 cm³/mol. The van der Waals surface area contributed by atoms with Crippen molar-refractivity contribution in [2.24, 2.45) is 5.73 Å². The number of nitro groups is 1. The number of ketones is 1. The van der Waals surface area contributed by atoms with Gasteiger partial charge in [-0.05, 0) is 61.1 Å². The highest BCUT2D eigenvalue weighted by Gasteiger charge is 2.42. The molecular formula is C32H29FN4O3S. The maximum Gasteiger partial charge on any atom is 0.296 e. The fourth-order valence-electron chi connectivity index (χ4n) is 5.77. The second kappa shape index (κ2) is 11.6. The molecule has 208 valence electrons. The summed E-state index contributed by atoms with van der Waals surface area (Å²) in [5.41, 5.74) is 12.4. The van der Waals surface area contributed by atoms with E-state index in [0.717, 1.165) is 45.9 Å². The van der Waals surface area contributed by atoms with Crippen molar-refractivity contribution in [3.8, 4) is 6.07 Å². The smallest absolute Gasteiger partial charge is 0.296 e. The number of hydrogen-bond acceptors (Lipinski definition) is 7. The molecule has 0 spiro atoms. The van der Waals surface area contributed by atoms with Crippen LogP contribution in [0.15, 0.2) is 83.3 Å². The Morgan fingerprint density at radius 1 is 1.12 bits per heavy atom. The van der Waals surface area contributed by atoms with Crippen molar-refractivity contribution < 1.29 is 14.1 Å². The van der Waals surface area contributed by atoms with Gasteiger partial charge in [0.15, 0.2) is 5.78 Å². The van der Waals surface area contributed by atoms with Crippen molar-refractivity contribution in [2.45, 2.75) is 50.5 Å². The number of hydrogen-bond donors (Lipinski definition) is 1. The van der Waals surface area contributed by atoms with E-state index in [-0.39, 0.29) is 22.9 Å². The zero-order valence-corrected chi connectivity index (χ0v) is 23.6. The number of carbonyl (C=O) groups is 1. The second-order valence-electron chi connectivity index (χ2n) is 10.3. The monoisotopic (exact) mass is 568 g/mol. The van der Waals surface area contributed by atoms with Gasteiger partial charge >= 0.3 is 0 Å². The number of thioether (sulfide) groups is 1. The highest BCUT2D eigenvalue weighted by atomic mass is 32.2. The molecule has 1 atom stereocenters. The van der Waals surface area contributed by atoms with Crippen molar-refractivity contribution in [3.63, 3.8) is 0 Å². The van der Waals surface area contributed by atoms with Gasteiger partial charge in [0.05, 0.1) is 28.5 Å². The summed E-state index contributed by atoms with van der Waals surface area (Å²) in [6.07, 6.45) is 1.29. The summed E-state index contributed by atoms with van der Waals surface area (Å²) in [6, 6.07) is 19.8. The number of carbonyl (C=O) groups excluding carboxylic acids is 1. The van der Waals surface area contributed by atoms with Crippen LogP contribution in [-0.2, 0) is 16.3 Å². The normalized spacial score (nSPS) is 17.0. The first-order chi connectivity index (χ1) is 19.7. The molecule has 0 fully saturated rings. The van der Waals surface area contributed by atoms with Gasteiger partial charge in [-0.25, -0.2) is 4.39 Å². The van der Waals surface area contributed by atoms with Gasteiger partial charge in [-0.1, -0.05) is 48.0 Å². The molecule has 9 heteroatoms. The summed E-state index contributed by atoms with van der Waals surface area (Å²) in [7, 11) is 0. The second-order valence-corrected chi connectivity index (χ2v) is 11.3. The van der Waals surface area contributed by atoms with Crippen molar-refractivity contribution >= 4 is 28.9 Å². The summed E-state index contributed by atoms with van der Waals surface area (Å²) in [4.78, 5) is 26.2. The highest BCUT2D eigenvalue weighted by molar-refractivity contribution is 7.97. The lowest BCUT2D eigenvalue weighted by Gasteiger charge is -2.39. The van der Waals surface area contributed by atoms with E-state index in [1.807, 2.05) is 38.1 Å². The SMILES string of the molecule is Cc1cc(CSCc2ccccc2)c(C)c(C2C(C#N)=C(N)N(c3ccc(F)cc3[N+](=O)[O-])C3=C2C(=O)CCC3)c1. The van der Waals surface area contributed by atoms with Crippen molar-refractivity contribution in [3.05, 3.63) is 127 Å². The molecule has 2 aliphatic rings. The third kappa shape index (κ3) is 5.35. The number of nitro benzene ring substituents is 1. The van der Waals surface area contributed by atoms with Gasteiger partial charge in [-0.15, -0.1) is 0 Å². The minimum atomic E-state index is -0.764. The van der Waals surface area contributed by atoms with E-state index in [2.05, 4.69) is 24.3 Å². The van der Waals surface area contributed by atoms with Gasteiger partial charge in [0.2, 0.25) is 0 Å². The molecule has 5 rings (SSSR count). The summed E-state index contributed by atoms with van der Waals surface area (Å²) in [6.45, 7) is 3.99. The minimum absolute atomic E-state index is 0.0153. The van der Waals surface area contributed by atoms with E-state index in [4.69, 9.17) is 5.73 Å². The molecular weight excluding hydrogens is 539 g/mol. The predicted octanol–water partition coefficient (Wildman–Crippen LogP) is 7.09. The summed E-state index contributed by atoms with van der Waals surface area (Å²) in [5, 5.41) is 22.3. The quantitative estimate of drug-likeness (QED) is 0.239. The maximum atomic E-state index is 14.0. The largest absolute Gasteiger partial charge is 0.384 e. The molecule has 3 aromatic rings. The molecule has 0 bridgehead atoms. The fraction of sp³-hybridized carbons (Fsp3) is 0.250. The number of Topliss-reactive ketones (excluding diaryl/α,β-unsaturated/α-hetero) is 1. The van der Waals surface area contributed by atoms with Gasteiger partial charge in [0.25, 0.3) is 5.69 Å². The van der Waals surface area contributed by atoms with Crippen LogP contribution < -0.4 is 10.6 Å². The molecule has 3 aromatic carbocycles.